The minimum Gasteiger partial charge on any atom is -0.397 e. The maximum Gasteiger partial charge on any atom is 0.259 e. The van der Waals surface area contributed by atoms with Gasteiger partial charge in [-0.3, -0.25) is 4.98 Å². The summed E-state index contributed by atoms with van der Waals surface area (Å²) in [5, 5.41) is 4.13. The van der Waals surface area contributed by atoms with Crippen molar-refractivity contribution in [3.63, 3.8) is 0 Å². The molecule has 2 aromatic rings. The first-order valence-corrected chi connectivity index (χ1v) is 7.23. The standard InChI is InChI=1S/C15H20N4O2/c1-10-3-5-15(20-2,6-4-10)14-18-13(21-19-14)11-7-12(16)9-17-8-11/h7-10H,3-6,16H2,1-2H3. The lowest BCUT2D eigenvalue weighted by Gasteiger charge is -2.35. The number of nitrogen functional groups attached to an aromatic ring is 1. The maximum atomic E-state index is 5.76. The van der Waals surface area contributed by atoms with Gasteiger partial charge >= 0.3 is 0 Å². The summed E-state index contributed by atoms with van der Waals surface area (Å²) in [6, 6.07) is 1.77. The largest absolute Gasteiger partial charge is 0.397 e. The summed E-state index contributed by atoms with van der Waals surface area (Å²) in [5.41, 5.74) is 6.60. The van der Waals surface area contributed by atoms with Crippen LogP contribution in [0.2, 0.25) is 0 Å². The van der Waals surface area contributed by atoms with Crippen molar-refractivity contribution in [2.75, 3.05) is 12.8 Å². The molecule has 0 spiro atoms. The van der Waals surface area contributed by atoms with Crippen LogP contribution in [-0.2, 0) is 10.3 Å². The zero-order valence-corrected chi connectivity index (χ0v) is 12.4. The first kappa shape index (κ1) is 14.0. The minimum absolute atomic E-state index is 0.429. The Bertz CT molecular complexity index is 618. The van der Waals surface area contributed by atoms with Gasteiger partial charge in [0.2, 0.25) is 5.82 Å². The number of nitrogens with zero attached hydrogens (tertiary/aromatic N) is 3. The molecule has 0 amide bonds. The normalized spacial score (nSPS) is 25.9. The Kier molecular flexibility index (Phi) is 3.63. The number of methoxy groups -OCH3 is 1. The van der Waals surface area contributed by atoms with Crippen LogP contribution in [0, 0.1) is 5.92 Å². The molecule has 1 aliphatic carbocycles. The molecule has 0 unspecified atom stereocenters. The van der Waals surface area contributed by atoms with Gasteiger partial charge in [-0.1, -0.05) is 12.1 Å². The third kappa shape index (κ3) is 2.63. The van der Waals surface area contributed by atoms with Crippen molar-refractivity contribution in [2.45, 2.75) is 38.2 Å². The monoisotopic (exact) mass is 288 g/mol. The number of hydrogen-bond donors (Lipinski definition) is 1. The number of ether oxygens (including phenoxy) is 1. The molecule has 21 heavy (non-hydrogen) atoms. The summed E-state index contributed by atoms with van der Waals surface area (Å²) in [6.45, 7) is 2.26. The van der Waals surface area contributed by atoms with Crippen molar-refractivity contribution in [3.8, 4) is 11.5 Å². The highest BCUT2D eigenvalue weighted by molar-refractivity contribution is 5.57. The highest BCUT2D eigenvalue weighted by Gasteiger charge is 2.40. The SMILES string of the molecule is COC1(c2noc(-c3cncc(N)c3)n2)CCC(C)CC1. The molecule has 2 heterocycles. The van der Waals surface area contributed by atoms with E-state index in [1.165, 1.54) is 0 Å². The molecular formula is C15H20N4O2. The number of rotatable bonds is 3. The maximum absolute atomic E-state index is 5.76. The molecule has 6 nitrogen and oxygen atoms in total. The van der Waals surface area contributed by atoms with Crippen LogP contribution in [0.5, 0.6) is 0 Å². The third-order valence-electron chi connectivity index (χ3n) is 4.31. The Morgan fingerprint density at radius 3 is 2.76 bits per heavy atom. The molecule has 0 bridgehead atoms. The zero-order chi connectivity index (χ0) is 14.9. The summed E-state index contributed by atoms with van der Waals surface area (Å²) in [6.07, 6.45) is 7.29. The molecule has 112 valence electrons. The van der Waals surface area contributed by atoms with Crippen LogP contribution in [0.1, 0.15) is 38.4 Å². The summed E-state index contributed by atoms with van der Waals surface area (Å²) in [4.78, 5) is 8.56. The Labute approximate surface area is 123 Å². The van der Waals surface area contributed by atoms with E-state index in [1.54, 1.807) is 25.6 Å². The number of pyridine rings is 1. The molecule has 1 fully saturated rings. The van der Waals surface area contributed by atoms with Crippen molar-refractivity contribution in [1.29, 1.82) is 0 Å². The molecule has 1 saturated carbocycles. The second-order valence-electron chi connectivity index (χ2n) is 5.81. The van der Waals surface area contributed by atoms with Gasteiger partial charge in [0.05, 0.1) is 11.3 Å². The Morgan fingerprint density at radius 2 is 2.10 bits per heavy atom. The highest BCUT2D eigenvalue weighted by atomic mass is 16.5. The van der Waals surface area contributed by atoms with E-state index in [0.717, 1.165) is 37.2 Å². The van der Waals surface area contributed by atoms with Crippen LogP contribution >= 0.6 is 0 Å². The molecule has 0 atom stereocenters. The van der Waals surface area contributed by atoms with Gasteiger partial charge in [-0.25, -0.2) is 0 Å². The summed E-state index contributed by atoms with van der Waals surface area (Å²) >= 11 is 0. The van der Waals surface area contributed by atoms with Gasteiger partial charge in [0.25, 0.3) is 5.89 Å². The second-order valence-corrected chi connectivity index (χ2v) is 5.81. The van der Waals surface area contributed by atoms with Crippen LogP contribution in [0.4, 0.5) is 5.69 Å². The zero-order valence-electron chi connectivity index (χ0n) is 12.4. The van der Waals surface area contributed by atoms with Crippen LogP contribution in [0.3, 0.4) is 0 Å². The third-order valence-corrected chi connectivity index (χ3v) is 4.31. The van der Waals surface area contributed by atoms with Crippen molar-refractivity contribution >= 4 is 5.69 Å². The van der Waals surface area contributed by atoms with Crippen molar-refractivity contribution in [1.82, 2.24) is 15.1 Å². The molecule has 0 aromatic carbocycles. The van der Waals surface area contributed by atoms with Crippen LogP contribution in [0.25, 0.3) is 11.5 Å². The molecule has 0 saturated heterocycles. The van der Waals surface area contributed by atoms with Crippen LogP contribution in [0.15, 0.2) is 23.0 Å². The van der Waals surface area contributed by atoms with Gasteiger partial charge in [0.1, 0.15) is 5.60 Å². The Balaban J connectivity index is 1.90. The van der Waals surface area contributed by atoms with Crippen LogP contribution in [-0.4, -0.2) is 22.2 Å². The number of hydrogen-bond acceptors (Lipinski definition) is 6. The van der Waals surface area contributed by atoms with E-state index < -0.39 is 5.60 Å². The molecule has 3 rings (SSSR count). The summed E-state index contributed by atoms with van der Waals surface area (Å²) in [7, 11) is 1.72. The van der Waals surface area contributed by atoms with E-state index in [9.17, 15) is 0 Å². The lowest BCUT2D eigenvalue weighted by atomic mass is 9.79. The molecule has 0 aliphatic heterocycles. The first-order chi connectivity index (χ1) is 10.1. The average Bonchev–Trinajstić information content (AvgIpc) is 2.99. The number of nitrogens with two attached hydrogens (primary N) is 1. The second kappa shape index (κ2) is 5.44. The van der Waals surface area contributed by atoms with E-state index in [4.69, 9.17) is 15.0 Å². The summed E-state index contributed by atoms with van der Waals surface area (Å²) in [5.74, 6) is 1.77. The Hall–Kier alpha value is -1.95. The van der Waals surface area contributed by atoms with Gasteiger partial charge in [-0.15, -0.1) is 0 Å². The molecule has 2 aromatic heterocycles. The van der Waals surface area contributed by atoms with E-state index in [2.05, 4.69) is 22.0 Å². The van der Waals surface area contributed by atoms with Gasteiger partial charge in [0.15, 0.2) is 0 Å². The average molecular weight is 288 g/mol. The van der Waals surface area contributed by atoms with E-state index >= 15 is 0 Å². The van der Waals surface area contributed by atoms with E-state index in [-0.39, 0.29) is 0 Å². The predicted octanol–water partition coefficient (Wildman–Crippen LogP) is 2.77. The Morgan fingerprint density at radius 1 is 1.33 bits per heavy atom. The fourth-order valence-corrected chi connectivity index (χ4v) is 2.85. The van der Waals surface area contributed by atoms with Gasteiger partial charge < -0.3 is 15.0 Å². The molecule has 2 N–H and O–H groups in total. The molecule has 6 heteroatoms. The summed E-state index contributed by atoms with van der Waals surface area (Å²) < 4.78 is 11.1. The topological polar surface area (TPSA) is 87.1 Å². The fraction of sp³-hybridized carbons (Fsp3) is 0.533. The molecule has 0 radical (unpaired) electrons. The minimum atomic E-state index is -0.429. The number of aromatic nitrogens is 3. The predicted molar refractivity (Wildman–Crippen MR) is 78.3 cm³/mol. The fourth-order valence-electron chi connectivity index (χ4n) is 2.85. The smallest absolute Gasteiger partial charge is 0.259 e. The quantitative estimate of drug-likeness (QED) is 0.934. The van der Waals surface area contributed by atoms with Crippen molar-refractivity contribution in [3.05, 3.63) is 24.3 Å². The highest BCUT2D eigenvalue weighted by Crippen LogP contribution is 2.41. The molecule has 1 aliphatic rings. The van der Waals surface area contributed by atoms with Crippen molar-refractivity contribution in [2.24, 2.45) is 5.92 Å². The first-order valence-electron chi connectivity index (χ1n) is 7.23. The van der Waals surface area contributed by atoms with Crippen LogP contribution < -0.4 is 5.73 Å². The van der Waals surface area contributed by atoms with Gasteiger partial charge in [-0.2, -0.15) is 4.98 Å². The van der Waals surface area contributed by atoms with Gasteiger partial charge in [-0.05, 0) is 37.7 Å². The number of anilines is 1. The lowest BCUT2D eigenvalue weighted by molar-refractivity contribution is -0.0609. The molecular weight excluding hydrogens is 268 g/mol. The lowest BCUT2D eigenvalue weighted by Crippen LogP contribution is -2.34. The van der Waals surface area contributed by atoms with E-state index in [1.807, 2.05) is 0 Å². The van der Waals surface area contributed by atoms with Crippen molar-refractivity contribution < 1.29 is 9.26 Å². The van der Waals surface area contributed by atoms with Gasteiger partial charge in [0, 0.05) is 19.5 Å². The van der Waals surface area contributed by atoms with E-state index in [0.29, 0.717) is 17.4 Å².